The summed E-state index contributed by atoms with van der Waals surface area (Å²) in [5, 5.41) is 4.05. The largest absolute Gasteiger partial charge is 0.497 e. The average molecular weight is 446 g/mol. The van der Waals surface area contributed by atoms with Gasteiger partial charge < -0.3 is 23.5 Å². The van der Waals surface area contributed by atoms with Gasteiger partial charge in [-0.3, -0.25) is 4.79 Å². The molecule has 0 amide bonds. The molecule has 4 rings (SSSR count). The highest BCUT2D eigenvalue weighted by atomic mass is 16.5. The molecule has 0 N–H and O–H groups in total. The molecular formula is C25H22N2O6. The van der Waals surface area contributed by atoms with Crippen molar-refractivity contribution in [3.63, 3.8) is 0 Å². The number of ether oxygens (including phenoxy) is 4. The van der Waals surface area contributed by atoms with E-state index in [4.69, 9.17) is 23.5 Å². The Morgan fingerprint density at radius 3 is 2.30 bits per heavy atom. The van der Waals surface area contributed by atoms with E-state index in [1.807, 2.05) is 24.3 Å². The Hall–Kier alpha value is -4.33. The van der Waals surface area contributed by atoms with E-state index in [1.54, 1.807) is 49.6 Å². The Balaban J connectivity index is 1.44. The van der Waals surface area contributed by atoms with Crippen molar-refractivity contribution in [2.45, 2.75) is 0 Å². The summed E-state index contributed by atoms with van der Waals surface area (Å²) in [5.74, 6) is 2.77. The standard InChI is InChI=1S/C25H22N2O6/c1-29-18-12-13-23(31-3)20(14-18)21(28)15-32-17-10-8-16(9-11-17)24-26-25(33-27-24)19-6-4-5-7-22(19)30-2/h4-14H,15H2,1-3H3. The molecule has 0 atom stereocenters. The fourth-order valence-electron chi connectivity index (χ4n) is 3.23. The van der Waals surface area contributed by atoms with Gasteiger partial charge in [0.1, 0.15) is 23.0 Å². The van der Waals surface area contributed by atoms with Gasteiger partial charge in [0.05, 0.1) is 32.5 Å². The van der Waals surface area contributed by atoms with Crippen LogP contribution >= 0.6 is 0 Å². The molecule has 0 fully saturated rings. The van der Waals surface area contributed by atoms with Crippen molar-refractivity contribution in [3.05, 3.63) is 72.3 Å². The number of methoxy groups -OCH3 is 3. The van der Waals surface area contributed by atoms with E-state index in [9.17, 15) is 4.79 Å². The first-order chi connectivity index (χ1) is 16.1. The zero-order valence-electron chi connectivity index (χ0n) is 18.4. The molecule has 1 heterocycles. The predicted molar refractivity (Wildman–Crippen MR) is 121 cm³/mol. The molecule has 0 aliphatic rings. The van der Waals surface area contributed by atoms with Gasteiger partial charge in [-0.25, -0.2) is 0 Å². The highest BCUT2D eigenvalue weighted by Crippen LogP contribution is 2.30. The Morgan fingerprint density at radius 2 is 1.58 bits per heavy atom. The molecule has 168 valence electrons. The second-order valence-corrected chi connectivity index (χ2v) is 6.93. The van der Waals surface area contributed by atoms with Crippen LogP contribution in [0, 0.1) is 0 Å². The minimum absolute atomic E-state index is 0.150. The maximum Gasteiger partial charge on any atom is 0.262 e. The third-order valence-corrected chi connectivity index (χ3v) is 4.95. The Kier molecular flexibility index (Phi) is 6.54. The molecule has 0 radical (unpaired) electrons. The Morgan fingerprint density at radius 1 is 0.848 bits per heavy atom. The lowest BCUT2D eigenvalue weighted by molar-refractivity contribution is 0.0918. The number of carbonyl (C=O) groups is 1. The molecule has 0 saturated heterocycles. The topological polar surface area (TPSA) is 92.9 Å². The highest BCUT2D eigenvalue weighted by molar-refractivity contribution is 6.00. The first kappa shape index (κ1) is 21.9. The van der Waals surface area contributed by atoms with Crippen LogP contribution in [-0.4, -0.2) is 43.9 Å². The first-order valence-electron chi connectivity index (χ1n) is 10.1. The molecule has 0 aliphatic heterocycles. The number of benzene rings is 3. The Labute approximate surface area is 190 Å². The molecule has 3 aromatic carbocycles. The summed E-state index contributed by atoms with van der Waals surface area (Å²) >= 11 is 0. The van der Waals surface area contributed by atoms with Gasteiger partial charge >= 0.3 is 0 Å². The van der Waals surface area contributed by atoms with E-state index in [2.05, 4.69) is 10.1 Å². The second kappa shape index (κ2) is 9.86. The molecule has 8 nitrogen and oxygen atoms in total. The first-order valence-corrected chi connectivity index (χ1v) is 10.1. The molecule has 4 aromatic rings. The van der Waals surface area contributed by atoms with E-state index in [0.717, 1.165) is 5.56 Å². The van der Waals surface area contributed by atoms with Crippen LogP contribution < -0.4 is 18.9 Å². The van der Waals surface area contributed by atoms with Crippen LogP contribution in [0.3, 0.4) is 0 Å². The number of rotatable bonds is 9. The van der Waals surface area contributed by atoms with Crippen molar-refractivity contribution in [2.75, 3.05) is 27.9 Å². The van der Waals surface area contributed by atoms with Gasteiger partial charge in [0, 0.05) is 5.56 Å². The van der Waals surface area contributed by atoms with Crippen molar-refractivity contribution < 1.29 is 28.3 Å². The van der Waals surface area contributed by atoms with Gasteiger partial charge in [-0.2, -0.15) is 4.98 Å². The van der Waals surface area contributed by atoms with Crippen LogP contribution in [0.4, 0.5) is 0 Å². The molecule has 33 heavy (non-hydrogen) atoms. The number of hydrogen-bond acceptors (Lipinski definition) is 8. The van der Waals surface area contributed by atoms with Crippen molar-refractivity contribution in [3.8, 4) is 45.8 Å². The van der Waals surface area contributed by atoms with Crippen LogP contribution in [0.25, 0.3) is 22.8 Å². The van der Waals surface area contributed by atoms with E-state index in [-0.39, 0.29) is 12.4 Å². The van der Waals surface area contributed by atoms with E-state index in [1.165, 1.54) is 14.2 Å². The third-order valence-electron chi connectivity index (χ3n) is 4.95. The minimum Gasteiger partial charge on any atom is -0.497 e. The van der Waals surface area contributed by atoms with Crippen molar-refractivity contribution in [1.82, 2.24) is 10.1 Å². The molecule has 0 bridgehead atoms. The summed E-state index contributed by atoms with van der Waals surface area (Å²) in [6.45, 7) is -0.150. The van der Waals surface area contributed by atoms with Gasteiger partial charge in [0.15, 0.2) is 6.61 Å². The average Bonchev–Trinajstić information content (AvgIpc) is 3.37. The second-order valence-electron chi connectivity index (χ2n) is 6.93. The van der Waals surface area contributed by atoms with Crippen LogP contribution in [-0.2, 0) is 0 Å². The van der Waals surface area contributed by atoms with Crippen molar-refractivity contribution in [2.24, 2.45) is 0 Å². The lowest BCUT2D eigenvalue weighted by atomic mass is 10.1. The molecule has 0 saturated carbocycles. The maximum absolute atomic E-state index is 12.6. The fraction of sp³-hybridized carbons (Fsp3) is 0.160. The molecule has 0 spiro atoms. The van der Waals surface area contributed by atoms with E-state index in [0.29, 0.717) is 45.8 Å². The molecule has 0 aliphatic carbocycles. The van der Waals surface area contributed by atoms with Gasteiger partial charge in [-0.05, 0) is 54.6 Å². The van der Waals surface area contributed by atoms with Gasteiger partial charge in [-0.1, -0.05) is 17.3 Å². The van der Waals surface area contributed by atoms with Crippen LogP contribution in [0.1, 0.15) is 10.4 Å². The van der Waals surface area contributed by atoms with Gasteiger partial charge in [0.25, 0.3) is 5.89 Å². The summed E-state index contributed by atoms with van der Waals surface area (Å²) in [4.78, 5) is 17.1. The number of carbonyl (C=O) groups excluding carboxylic acids is 1. The minimum atomic E-state index is -0.227. The van der Waals surface area contributed by atoms with Crippen molar-refractivity contribution in [1.29, 1.82) is 0 Å². The number of nitrogens with zero attached hydrogens (tertiary/aromatic N) is 2. The van der Waals surface area contributed by atoms with E-state index < -0.39 is 0 Å². The van der Waals surface area contributed by atoms with Gasteiger partial charge in [0.2, 0.25) is 11.6 Å². The summed E-state index contributed by atoms with van der Waals surface area (Å²) in [7, 11) is 4.64. The summed E-state index contributed by atoms with van der Waals surface area (Å²) in [6, 6.07) is 19.5. The summed E-state index contributed by atoms with van der Waals surface area (Å²) in [6.07, 6.45) is 0. The van der Waals surface area contributed by atoms with Crippen molar-refractivity contribution >= 4 is 5.78 Å². The number of hydrogen-bond donors (Lipinski definition) is 0. The lowest BCUT2D eigenvalue weighted by Gasteiger charge is -2.10. The normalized spacial score (nSPS) is 10.5. The third kappa shape index (κ3) is 4.79. The highest BCUT2D eigenvalue weighted by Gasteiger charge is 2.16. The smallest absolute Gasteiger partial charge is 0.262 e. The maximum atomic E-state index is 12.6. The zero-order valence-corrected chi connectivity index (χ0v) is 18.4. The number of para-hydroxylation sites is 1. The Bertz CT molecular complexity index is 1250. The predicted octanol–water partition coefficient (Wildman–Crippen LogP) is 4.69. The molecule has 0 unspecified atom stereocenters. The summed E-state index contributed by atoms with van der Waals surface area (Å²) < 4.78 is 26.9. The fourth-order valence-corrected chi connectivity index (χ4v) is 3.23. The monoisotopic (exact) mass is 446 g/mol. The van der Waals surface area contributed by atoms with E-state index >= 15 is 0 Å². The van der Waals surface area contributed by atoms with Crippen LogP contribution in [0.15, 0.2) is 71.3 Å². The quantitative estimate of drug-likeness (QED) is 0.342. The lowest BCUT2D eigenvalue weighted by Crippen LogP contribution is -2.13. The number of aromatic nitrogens is 2. The van der Waals surface area contributed by atoms with Gasteiger partial charge in [-0.15, -0.1) is 0 Å². The number of Topliss-reactive ketones (excluding diaryl/α,β-unsaturated/α-hetero) is 1. The SMILES string of the molecule is COc1ccc(OC)c(C(=O)COc2ccc(-c3noc(-c4ccccc4OC)n3)cc2)c1. The van der Waals surface area contributed by atoms with Crippen LogP contribution in [0.5, 0.6) is 23.0 Å². The molecular weight excluding hydrogens is 424 g/mol. The van der Waals surface area contributed by atoms with Crippen LogP contribution in [0.2, 0.25) is 0 Å². The zero-order chi connectivity index (χ0) is 23.2. The summed E-state index contributed by atoms with van der Waals surface area (Å²) in [5.41, 5.74) is 1.85. The number of ketones is 1. The molecule has 1 aromatic heterocycles. The molecule has 8 heteroatoms.